The van der Waals surface area contributed by atoms with Crippen molar-refractivity contribution in [1.29, 1.82) is 0 Å². The SMILES string of the molecule is Cc1ccc(S(=O)(=O)N/N=C\c2cc(C)n(-c3cccc(C)c3)c2C)cc1. The maximum absolute atomic E-state index is 12.3. The van der Waals surface area contributed by atoms with Crippen molar-refractivity contribution < 1.29 is 8.42 Å². The molecule has 0 saturated heterocycles. The van der Waals surface area contributed by atoms with Crippen molar-refractivity contribution in [1.82, 2.24) is 9.40 Å². The van der Waals surface area contributed by atoms with E-state index in [4.69, 9.17) is 0 Å². The van der Waals surface area contributed by atoms with E-state index in [1.54, 1.807) is 30.5 Å². The summed E-state index contributed by atoms with van der Waals surface area (Å²) >= 11 is 0. The van der Waals surface area contributed by atoms with Crippen LogP contribution >= 0.6 is 0 Å². The highest BCUT2D eigenvalue weighted by Gasteiger charge is 2.13. The zero-order valence-electron chi connectivity index (χ0n) is 15.9. The fourth-order valence-corrected chi connectivity index (χ4v) is 3.81. The summed E-state index contributed by atoms with van der Waals surface area (Å²) in [5.41, 5.74) is 6.17. The van der Waals surface area contributed by atoms with Gasteiger partial charge < -0.3 is 4.57 Å². The standard InChI is InChI=1S/C21H23N3O2S/c1-15-8-10-21(11-9-15)27(25,26)23-22-14-19-13-17(3)24(18(19)4)20-7-5-6-16(2)12-20/h5-14,23H,1-4H3/b22-14-. The molecular formula is C21H23N3O2S. The van der Waals surface area contributed by atoms with Gasteiger partial charge in [-0.05, 0) is 63.6 Å². The van der Waals surface area contributed by atoms with Gasteiger partial charge in [-0.3, -0.25) is 0 Å². The van der Waals surface area contributed by atoms with Crippen LogP contribution in [0.2, 0.25) is 0 Å². The molecule has 0 atom stereocenters. The molecule has 27 heavy (non-hydrogen) atoms. The minimum absolute atomic E-state index is 0.190. The van der Waals surface area contributed by atoms with Crippen LogP contribution < -0.4 is 4.83 Å². The van der Waals surface area contributed by atoms with Gasteiger partial charge in [0, 0.05) is 22.6 Å². The Morgan fingerprint density at radius 2 is 1.63 bits per heavy atom. The first-order valence-corrected chi connectivity index (χ1v) is 10.1. The summed E-state index contributed by atoms with van der Waals surface area (Å²) in [6.45, 7) is 7.97. The lowest BCUT2D eigenvalue weighted by Crippen LogP contribution is -2.18. The third kappa shape index (κ3) is 4.11. The van der Waals surface area contributed by atoms with Gasteiger partial charge >= 0.3 is 0 Å². The van der Waals surface area contributed by atoms with Crippen LogP contribution in [-0.4, -0.2) is 19.2 Å². The zero-order chi connectivity index (χ0) is 19.6. The van der Waals surface area contributed by atoms with Crippen molar-refractivity contribution in [2.75, 3.05) is 0 Å². The highest BCUT2D eigenvalue weighted by molar-refractivity contribution is 7.89. The summed E-state index contributed by atoms with van der Waals surface area (Å²) < 4.78 is 26.8. The molecule has 0 aliphatic heterocycles. The number of sulfonamides is 1. The minimum Gasteiger partial charge on any atom is -0.318 e. The predicted octanol–water partition coefficient (Wildman–Crippen LogP) is 4.02. The molecule has 3 rings (SSSR count). The molecule has 0 fully saturated rings. The zero-order valence-corrected chi connectivity index (χ0v) is 16.7. The van der Waals surface area contributed by atoms with Crippen molar-refractivity contribution in [2.45, 2.75) is 32.6 Å². The van der Waals surface area contributed by atoms with Gasteiger partial charge in [0.05, 0.1) is 11.1 Å². The lowest BCUT2D eigenvalue weighted by Gasteiger charge is -2.10. The van der Waals surface area contributed by atoms with Gasteiger partial charge in [0.2, 0.25) is 0 Å². The molecule has 0 aliphatic rings. The van der Waals surface area contributed by atoms with Crippen LogP contribution in [0.25, 0.3) is 5.69 Å². The highest BCUT2D eigenvalue weighted by Crippen LogP contribution is 2.20. The summed E-state index contributed by atoms with van der Waals surface area (Å²) in [5, 5.41) is 3.96. The van der Waals surface area contributed by atoms with Gasteiger partial charge in [-0.15, -0.1) is 0 Å². The largest absolute Gasteiger partial charge is 0.318 e. The van der Waals surface area contributed by atoms with Crippen LogP contribution in [-0.2, 0) is 10.0 Å². The summed E-state index contributed by atoms with van der Waals surface area (Å²) in [7, 11) is -3.68. The van der Waals surface area contributed by atoms with Crippen LogP contribution in [0.5, 0.6) is 0 Å². The minimum atomic E-state index is -3.68. The Morgan fingerprint density at radius 1 is 0.926 bits per heavy atom. The molecule has 0 amide bonds. The van der Waals surface area contributed by atoms with Gasteiger partial charge in [-0.1, -0.05) is 29.8 Å². The van der Waals surface area contributed by atoms with Crippen molar-refractivity contribution in [3.63, 3.8) is 0 Å². The molecule has 0 unspecified atom stereocenters. The monoisotopic (exact) mass is 381 g/mol. The van der Waals surface area contributed by atoms with E-state index in [-0.39, 0.29) is 4.90 Å². The van der Waals surface area contributed by atoms with E-state index >= 15 is 0 Å². The van der Waals surface area contributed by atoms with Crippen LogP contribution in [0, 0.1) is 27.7 Å². The highest BCUT2D eigenvalue weighted by atomic mass is 32.2. The quantitative estimate of drug-likeness (QED) is 0.536. The molecular weight excluding hydrogens is 358 g/mol. The average Bonchev–Trinajstić information content (AvgIpc) is 2.89. The molecule has 1 aromatic heterocycles. The molecule has 0 bridgehead atoms. The van der Waals surface area contributed by atoms with E-state index < -0.39 is 10.0 Å². The molecule has 0 aliphatic carbocycles. The first-order chi connectivity index (χ1) is 12.8. The topological polar surface area (TPSA) is 63.5 Å². The number of benzene rings is 2. The Kier molecular flexibility index (Phi) is 5.19. The summed E-state index contributed by atoms with van der Waals surface area (Å²) in [6, 6.07) is 16.9. The molecule has 1 N–H and O–H groups in total. The second kappa shape index (κ2) is 7.40. The number of hydrazone groups is 1. The normalized spacial score (nSPS) is 11.9. The van der Waals surface area contributed by atoms with Crippen molar-refractivity contribution in [3.05, 3.63) is 82.7 Å². The molecule has 140 valence electrons. The Hall–Kier alpha value is -2.86. The average molecular weight is 382 g/mol. The van der Waals surface area contributed by atoms with E-state index in [0.717, 1.165) is 28.2 Å². The van der Waals surface area contributed by atoms with Crippen LogP contribution in [0.1, 0.15) is 28.1 Å². The molecule has 3 aromatic rings. The number of rotatable bonds is 5. The van der Waals surface area contributed by atoms with Crippen molar-refractivity contribution >= 4 is 16.2 Å². The lowest BCUT2D eigenvalue weighted by atomic mass is 10.2. The summed E-state index contributed by atoms with van der Waals surface area (Å²) in [6.07, 6.45) is 1.54. The smallest absolute Gasteiger partial charge is 0.276 e. The maximum Gasteiger partial charge on any atom is 0.276 e. The number of aromatic nitrogens is 1. The van der Waals surface area contributed by atoms with E-state index in [1.165, 1.54) is 5.56 Å². The van der Waals surface area contributed by atoms with E-state index in [1.807, 2.05) is 39.0 Å². The van der Waals surface area contributed by atoms with E-state index in [9.17, 15) is 8.42 Å². The fourth-order valence-electron chi connectivity index (χ4n) is 3.02. The van der Waals surface area contributed by atoms with Crippen LogP contribution in [0.3, 0.4) is 0 Å². The third-order valence-electron chi connectivity index (χ3n) is 4.44. The maximum atomic E-state index is 12.3. The Balaban J connectivity index is 1.84. The number of hydrogen-bond acceptors (Lipinski definition) is 3. The first-order valence-electron chi connectivity index (χ1n) is 8.65. The van der Waals surface area contributed by atoms with E-state index in [0.29, 0.717) is 0 Å². The van der Waals surface area contributed by atoms with Gasteiger partial charge in [-0.25, -0.2) is 4.83 Å². The number of nitrogens with zero attached hydrogens (tertiary/aromatic N) is 2. The third-order valence-corrected chi connectivity index (χ3v) is 5.68. The van der Waals surface area contributed by atoms with E-state index in [2.05, 4.69) is 33.6 Å². The fraction of sp³-hybridized carbons (Fsp3) is 0.190. The Bertz CT molecular complexity index is 1090. The molecule has 6 heteroatoms. The molecule has 2 aromatic carbocycles. The second-order valence-electron chi connectivity index (χ2n) is 6.67. The number of hydrogen-bond donors (Lipinski definition) is 1. The Morgan fingerprint density at radius 3 is 2.30 bits per heavy atom. The Labute approximate surface area is 160 Å². The molecule has 0 radical (unpaired) electrons. The number of aryl methyl sites for hydroxylation is 3. The van der Waals surface area contributed by atoms with Crippen molar-refractivity contribution in [3.8, 4) is 5.69 Å². The molecule has 1 heterocycles. The summed E-state index contributed by atoms with van der Waals surface area (Å²) in [5.74, 6) is 0. The predicted molar refractivity (Wildman–Crippen MR) is 109 cm³/mol. The van der Waals surface area contributed by atoms with Crippen LogP contribution in [0.4, 0.5) is 0 Å². The molecule has 0 saturated carbocycles. The van der Waals surface area contributed by atoms with Gasteiger partial charge in [0.25, 0.3) is 10.0 Å². The van der Waals surface area contributed by atoms with Gasteiger partial charge in [-0.2, -0.15) is 13.5 Å². The molecule has 5 nitrogen and oxygen atoms in total. The first kappa shape index (κ1) is 18.9. The van der Waals surface area contributed by atoms with Crippen LogP contribution in [0.15, 0.2) is 64.6 Å². The second-order valence-corrected chi connectivity index (χ2v) is 8.33. The molecule has 0 spiro atoms. The number of nitrogens with one attached hydrogen (secondary N) is 1. The van der Waals surface area contributed by atoms with Gasteiger partial charge in [0.1, 0.15) is 0 Å². The summed E-state index contributed by atoms with van der Waals surface area (Å²) in [4.78, 5) is 2.47. The lowest BCUT2D eigenvalue weighted by molar-refractivity contribution is 0.584. The van der Waals surface area contributed by atoms with Crippen molar-refractivity contribution in [2.24, 2.45) is 5.10 Å². The van der Waals surface area contributed by atoms with Gasteiger partial charge in [0.15, 0.2) is 0 Å².